The van der Waals surface area contributed by atoms with Gasteiger partial charge in [-0.2, -0.15) is 10.2 Å². The number of amides is 4. The fraction of sp³-hybridized carbons (Fsp3) is 0.405. The average molecular weight is 849 g/mol. The van der Waals surface area contributed by atoms with E-state index in [4.69, 9.17) is 25.2 Å². The second-order valence-corrected chi connectivity index (χ2v) is 15.1. The summed E-state index contributed by atoms with van der Waals surface area (Å²) < 4.78 is 18.6. The molecule has 1 aromatic carbocycles. The molecular weight excluding hydrogens is 797 g/mol. The van der Waals surface area contributed by atoms with Gasteiger partial charge in [-0.25, -0.2) is 15.0 Å². The third-order valence-corrected chi connectivity index (χ3v) is 10.4. The van der Waals surface area contributed by atoms with Gasteiger partial charge in [0.05, 0.1) is 42.3 Å². The first-order chi connectivity index (χ1) is 29.8. The molecular formula is C42H52N14O6. The third-order valence-electron chi connectivity index (χ3n) is 10.4. The van der Waals surface area contributed by atoms with Gasteiger partial charge in [-0.1, -0.05) is 12.2 Å². The standard InChI is InChI=1S/C42H52N14O6/c1-7-55-32(20-26(3)49-55)38(58)47-41-45-30-22-28(36(43)57)24-34(62-17-11-12-52-15-18-61-19-16-52)35(30)53(41)13-9-10-14-54-37-31(23-29(25-44-37)40(60)51(5)6)46-42(54)48-39(59)33-21-27(4)50-56(33)8-2/h9-10,20-25H,7-8,11-19H2,1-6H3,(H2,43,57)(H,45,47,58)(H,46,48,59)/b10-9+. The van der Waals surface area contributed by atoms with Crippen LogP contribution in [0.1, 0.15) is 73.3 Å². The zero-order valence-electron chi connectivity index (χ0n) is 35.8. The lowest BCUT2D eigenvalue weighted by atomic mass is 10.1. The Morgan fingerprint density at radius 3 is 2.00 bits per heavy atom. The van der Waals surface area contributed by atoms with Gasteiger partial charge in [-0.05, 0) is 64.4 Å². The molecule has 6 aromatic rings. The Kier molecular flexibility index (Phi) is 13.1. The van der Waals surface area contributed by atoms with Crippen LogP contribution in [0, 0.1) is 13.8 Å². The van der Waals surface area contributed by atoms with Gasteiger partial charge in [-0.3, -0.25) is 48.6 Å². The van der Waals surface area contributed by atoms with Crippen molar-refractivity contribution in [3.05, 3.63) is 82.6 Å². The van der Waals surface area contributed by atoms with Gasteiger partial charge < -0.3 is 24.7 Å². The number of carbonyl (C=O) groups is 4. The highest BCUT2D eigenvalue weighted by Crippen LogP contribution is 2.32. The first kappa shape index (κ1) is 43.2. The lowest BCUT2D eigenvalue weighted by molar-refractivity contribution is 0.0358. The Morgan fingerprint density at radius 2 is 1.40 bits per heavy atom. The van der Waals surface area contributed by atoms with Gasteiger partial charge in [0.25, 0.3) is 17.7 Å². The summed E-state index contributed by atoms with van der Waals surface area (Å²) in [5, 5.41) is 14.7. The van der Waals surface area contributed by atoms with Crippen LogP contribution in [0.5, 0.6) is 5.75 Å². The van der Waals surface area contributed by atoms with E-state index < -0.39 is 17.7 Å². The average Bonchev–Trinajstić information content (AvgIpc) is 4.02. The number of anilines is 2. The summed E-state index contributed by atoms with van der Waals surface area (Å²) in [6.07, 6.45) is 5.94. The monoisotopic (exact) mass is 848 g/mol. The number of nitrogens with two attached hydrogens (primary N) is 1. The normalized spacial score (nSPS) is 13.3. The van der Waals surface area contributed by atoms with Crippen LogP contribution in [0.3, 0.4) is 0 Å². The molecule has 1 aliphatic heterocycles. The smallest absolute Gasteiger partial charge is 0.276 e. The number of aryl methyl sites for hydroxylation is 4. The van der Waals surface area contributed by atoms with E-state index in [0.29, 0.717) is 89.2 Å². The number of imidazole rings is 2. The number of ether oxygens (including phenoxy) is 2. The number of pyridine rings is 1. The fourth-order valence-corrected chi connectivity index (χ4v) is 7.33. The molecule has 4 amide bonds. The summed E-state index contributed by atoms with van der Waals surface area (Å²) in [5.41, 5.74) is 10.2. The van der Waals surface area contributed by atoms with Crippen LogP contribution in [0.2, 0.25) is 0 Å². The van der Waals surface area contributed by atoms with E-state index >= 15 is 0 Å². The number of primary amides is 1. The summed E-state index contributed by atoms with van der Waals surface area (Å²) >= 11 is 0. The maximum Gasteiger partial charge on any atom is 0.276 e. The molecule has 6 heterocycles. The third kappa shape index (κ3) is 9.35. The number of carbonyl (C=O) groups excluding carboxylic acids is 4. The van der Waals surface area contributed by atoms with Crippen LogP contribution in [0.15, 0.2) is 48.7 Å². The highest BCUT2D eigenvalue weighted by atomic mass is 16.5. The van der Waals surface area contributed by atoms with Gasteiger partial charge in [0.2, 0.25) is 17.8 Å². The van der Waals surface area contributed by atoms with Crippen molar-refractivity contribution in [2.45, 2.75) is 60.3 Å². The van der Waals surface area contributed by atoms with Crippen LogP contribution < -0.4 is 21.1 Å². The molecule has 0 bridgehead atoms. The first-order valence-electron chi connectivity index (χ1n) is 20.6. The molecule has 0 unspecified atom stereocenters. The van der Waals surface area contributed by atoms with E-state index in [-0.39, 0.29) is 36.5 Å². The lowest BCUT2D eigenvalue weighted by Crippen LogP contribution is -2.37. The predicted octanol–water partition coefficient (Wildman–Crippen LogP) is 3.49. The molecule has 62 heavy (non-hydrogen) atoms. The van der Waals surface area contributed by atoms with Crippen molar-refractivity contribution >= 4 is 57.7 Å². The van der Waals surface area contributed by atoms with Gasteiger partial charge in [-0.15, -0.1) is 0 Å². The largest absolute Gasteiger partial charge is 0.491 e. The number of nitrogens with zero attached hydrogens (tertiary/aromatic N) is 11. The summed E-state index contributed by atoms with van der Waals surface area (Å²) in [6.45, 7) is 13.0. The number of benzene rings is 1. The van der Waals surface area contributed by atoms with Crippen molar-refractivity contribution in [3.8, 4) is 5.75 Å². The van der Waals surface area contributed by atoms with Gasteiger partial charge in [0, 0.05) is 71.7 Å². The molecule has 4 N–H and O–H groups in total. The Hall–Kier alpha value is -6.93. The number of rotatable bonds is 17. The Bertz CT molecular complexity index is 2660. The van der Waals surface area contributed by atoms with E-state index in [1.54, 1.807) is 62.9 Å². The van der Waals surface area contributed by atoms with Crippen molar-refractivity contribution in [2.75, 3.05) is 64.2 Å². The second kappa shape index (κ2) is 18.8. The maximum atomic E-state index is 13.8. The van der Waals surface area contributed by atoms with E-state index in [2.05, 4.69) is 30.7 Å². The maximum absolute atomic E-state index is 13.8. The quantitative estimate of drug-likeness (QED) is 0.0886. The van der Waals surface area contributed by atoms with Crippen LogP contribution in [0.4, 0.5) is 11.9 Å². The first-order valence-corrected chi connectivity index (χ1v) is 20.6. The molecule has 1 fully saturated rings. The zero-order chi connectivity index (χ0) is 44.1. The molecule has 0 aliphatic carbocycles. The summed E-state index contributed by atoms with van der Waals surface area (Å²) in [6, 6.07) is 8.23. The van der Waals surface area contributed by atoms with Gasteiger partial charge >= 0.3 is 0 Å². The van der Waals surface area contributed by atoms with Gasteiger partial charge in [0.1, 0.15) is 28.2 Å². The van der Waals surface area contributed by atoms with Crippen LogP contribution >= 0.6 is 0 Å². The van der Waals surface area contributed by atoms with E-state index in [0.717, 1.165) is 26.1 Å². The van der Waals surface area contributed by atoms with Crippen molar-refractivity contribution in [1.29, 1.82) is 0 Å². The topological polar surface area (TPSA) is 227 Å². The highest BCUT2D eigenvalue weighted by Gasteiger charge is 2.23. The van der Waals surface area contributed by atoms with Gasteiger partial charge in [0.15, 0.2) is 5.65 Å². The second-order valence-electron chi connectivity index (χ2n) is 15.1. The number of aromatic nitrogens is 9. The molecule has 0 saturated carbocycles. The summed E-state index contributed by atoms with van der Waals surface area (Å²) in [4.78, 5) is 70.7. The predicted molar refractivity (Wildman–Crippen MR) is 231 cm³/mol. The number of hydrogen-bond acceptors (Lipinski definition) is 12. The van der Waals surface area contributed by atoms with Crippen LogP contribution in [-0.2, 0) is 30.9 Å². The lowest BCUT2D eigenvalue weighted by Gasteiger charge is -2.26. The van der Waals surface area contributed by atoms with Crippen molar-refractivity contribution in [2.24, 2.45) is 5.73 Å². The summed E-state index contributed by atoms with van der Waals surface area (Å²) in [5.74, 6) is -0.907. The van der Waals surface area contributed by atoms with E-state index in [1.807, 2.05) is 39.8 Å². The van der Waals surface area contributed by atoms with Crippen LogP contribution in [0.25, 0.3) is 22.2 Å². The number of morpholine rings is 1. The molecule has 5 aromatic heterocycles. The molecule has 20 nitrogen and oxygen atoms in total. The van der Waals surface area contributed by atoms with Crippen molar-refractivity contribution in [1.82, 2.24) is 53.4 Å². The Morgan fingerprint density at radius 1 is 0.823 bits per heavy atom. The molecule has 1 aliphatic rings. The van der Waals surface area contributed by atoms with E-state index in [1.165, 1.54) is 11.1 Å². The summed E-state index contributed by atoms with van der Waals surface area (Å²) in [7, 11) is 3.31. The van der Waals surface area contributed by atoms with Crippen molar-refractivity contribution in [3.63, 3.8) is 0 Å². The van der Waals surface area contributed by atoms with E-state index in [9.17, 15) is 19.2 Å². The molecule has 0 atom stereocenters. The number of fused-ring (bicyclic) bond motifs is 2. The minimum Gasteiger partial charge on any atom is -0.491 e. The number of hydrogen-bond donors (Lipinski definition) is 3. The minimum absolute atomic E-state index is 0.191. The minimum atomic E-state index is -0.649. The Balaban J connectivity index is 1.23. The fourth-order valence-electron chi connectivity index (χ4n) is 7.33. The molecule has 326 valence electrons. The zero-order valence-corrected chi connectivity index (χ0v) is 35.8. The molecule has 7 rings (SSSR count). The number of nitrogens with one attached hydrogen (secondary N) is 2. The molecule has 0 spiro atoms. The number of allylic oxidation sites excluding steroid dienone is 2. The van der Waals surface area contributed by atoms with Crippen molar-refractivity contribution < 1.29 is 28.7 Å². The molecule has 1 saturated heterocycles. The highest BCUT2D eigenvalue weighted by molar-refractivity contribution is 6.05. The molecule has 0 radical (unpaired) electrons. The van der Waals surface area contributed by atoms with Crippen LogP contribution in [-0.4, -0.2) is 131 Å². The Labute approximate surface area is 357 Å². The molecule has 20 heteroatoms. The SMILES string of the molecule is CCn1nc(C)cc1C(=O)Nc1nc2cc(C(=O)N(C)C)cnc2n1C/C=C/Cn1c(NC(=O)c2cc(C)nn2CC)nc2cc(C(N)=O)cc(OCCCN3CCOCC3)c21.